The van der Waals surface area contributed by atoms with Gasteiger partial charge in [0.05, 0.1) is 12.7 Å². The summed E-state index contributed by atoms with van der Waals surface area (Å²) < 4.78 is 36.8. The van der Waals surface area contributed by atoms with Crippen LogP contribution < -0.4 is 20.1 Å². The van der Waals surface area contributed by atoms with Crippen LogP contribution in [0.4, 0.5) is 20.4 Å². The van der Waals surface area contributed by atoms with Gasteiger partial charge in [-0.2, -0.15) is 18.9 Å². The van der Waals surface area contributed by atoms with Crippen molar-refractivity contribution in [3.63, 3.8) is 0 Å². The monoisotopic (exact) mass is 441 g/mol. The van der Waals surface area contributed by atoms with Gasteiger partial charge in [-0.25, -0.2) is 4.68 Å². The molecule has 1 aromatic heterocycles. The number of carbonyl (C=O) groups is 1. The first-order valence-corrected chi connectivity index (χ1v) is 9.76. The van der Waals surface area contributed by atoms with Gasteiger partial charge in [0, 0.05) is 11.4 Å². The van der Waals surface area contributed by atoms with Crippen molar-refractivity contribution in [1.29, 1.82) is 0 Å². The van der Waals surface area contributed by atoms with Crippen LogP contribution in [-0.4, -0.2) is 34.4 Å². The first-order chi connectivity index (χ1) is 15.4. The molecule has 2 aromatic carbocycles. The Kier molecular flexibility index (Phi) is 5.76. The zero-order chi connectivity index (χ0) is 22.8. The van der Waals surface area contributed by atoms with Gasteiger partial charge in [-0.3, -0.25) is 4.79 Å². The van der Waals surface area contributed by atoms with Crippen LogP contribution in [0.15, 0.2) is 60.1 Å². The molecule has 1 aliphatic rings. The molecular weight excluding hydrogens is 420 g/mol. The third-order valence-electron chi connectivity index (χ3n) is 5.15. The SMILES string of the molecule is COc1cc([C@@H]2C(C(=O)Nc3ccccc3C)=C(C)Nc3ncnn32)ccc1OC(F)F. The van der Waals surface area contributed by atoms with Gasteiger partial charge < -0.3 is 20.1 Å². The number of allylic oxidation sites excluding steroid dienone is 1. The van der Waals surface area contributed by atoms with Gasteiger partial charge in [0.2, 0.25) is 5.95 Å². The largest absolute Gasteiger partial charge is 0.493 e. The maximum absolute atomic E-state index is 13.4. The fraction of sp³-hybridized carbons (Fsp3) is 0.227. The van der Waals surface area contributed by atoms with Crippen LogP contribution in [0, 0.1) is 6.92 Å². The van der Waals surface area contributed by atoms with Gasteiger partial charge in [0.1, 0.15) is 12.4 Å². The summed E-state index contributed by atoms with van der Waals surface area (Å²) >= 11 is 0. The molecule has 2 heterocycles. The maximum atomic E-state index is 13.4. The van der Waals surface area contributed by atoms with Crippen LogP contribution in [0.1, 0.15) is 24.1 Å². The van der Waals surface area contributed by atoms with Gasteiger partial charge in [0.25, 0.3) is 5.91 Å². The van der Waals surface area contributed by atoms with E-state index < -0.39 is 12.7 Å². The van der Waals surface area contributed by atoms with Crippen LogP contribution in [0.2, 0.25) is 0 Å². The fourth-order valence-electron chi connectivity index (χ4n) is 3.64. The van der Waals surface area contributed by atoms with Crippen LogP contribution >= 0.6 is 0 Å². The van der Waals surface area contributed by atoms with E-state index in [2.05, 4.69) is 25.5 Å². The van der Waals surface area contributed by atoms with E-state index in [1.165, 1.54) is 19.5 Å². The molecule has 0 fully saturated rings. The number of nitrogens with one attached hydrogen (secondary N) is 2. The van der Waals surface area contributed by atoms with Crippen molar-refractivity contribution in [2.24, 2.45) is 0 Å². The number of ether oxygens (including phenoxy) is 2. The molecule has 0 bridgehead atoms. The summed E-state index contributed by atoms with van der Waals surface area (Å²) in [4.78, 5) is 17.6. The molecule has 2 N–H and O–H groups in total. The second-order valence-electron chi connectivity index (χ2n) is 7.15. The second kappa shape index (κ2) is 8.66. The number of methoxy groups -OCH3 is 1. The molecule has 0 aliphatic carbocycles. The van der Waals surface area contributed by atoms with Gasteiger partial charge in [0.15, 0.2) is 11.5 Å². The van der Waals surface area contributed by atoms with E-state index in [1.807, 2.05) is 31.2 Å². The minimum atomic E-state index is -2.99. The number of hydrogen-bond acceptors (Lipinski definition) is 6. The number of nitrogens with zero attached hydrogens (tertiary/aromatic N) is 3. The molecule has 10 heteroatoms. The summed E-state index contributed by atoms with van der Waals surface area (Å²) in [5.41, 5.74) is 3.17. The molecule has 0 saturated carbocycles. The van der Waals surface area contributed by atoms with E-state index in [1.54, 1.807) is 23.7 Å². The van der Waals surface area contributed by atoms with Crippen LogP contribution in [-0.2, 0) is 4.79 Å². The van der Waals surface area contributed by atoms with Crippen molar-refractivity contribution in [1.82, 2.24) is 14.8 Å². The summed E-state index contributed by atoms with van der Waals surface area (Å²) in [6, 6.07) is 11.3. The molecular formula is C22H21F2N5O3. The van der Waals surface area contributed by atoms with Gasteiger partial charge in [-0.1, -0.05) is 24.3 Å². The average Bonchev–Trinajstić information content (AvgIpc) is 3.22. The topological polar surface area (TPSA) is 90.3 Å². The highest BCUT2D eigenvalue weighted by Crippen LogP contribution is 2.39. The van der Waals surface area contributed by atoms with Gasteiger partial charge >= 0.3 is 6.61 Å². The Morgan fingerprint density at radius 2 is 1.97 bits per heavy atom. The van der Waals surface area contributed by atoms with Crippen LogP contribution in [0.25, 0.3) is 0 Å². The number of benzene rings is 2. The summed E-state index contributed by atoms with van der Waals surface area (Å²) in [5.74, 6) is 0.124. The predicted molar refractivity (Wildman–Crippen MR) is 114 cm³/mol. The quantitative estimate of drug-likeness (QED) is 0.598. The first-order valence-electron chi connectivity index (χ1n) is 9.76. The zero-order valence-corrected chi connectivity index (χ0v) is 17.6. The lowest BCUT2D eigenvalue weighted by Gasteiger charge is -2.29. The molecule has 8 nitrogen and oxygen atoms in total. The maximum Gasteiger partial charge on any atom is 0.387 e. The minimum absolute atomic E-state index is 0.106. The van der Waals surface area contributed by atoms with E-state index in [-0.39, 0.29) is 17.4 Å². The molecule has 32 heavy (non-hydrogen) atoms. The van der Waals surface area contributed by atoms with E-state index in [0.717, 1.165) is 5.56 Å². The number of rotatable bonds is 6. The fourth-order valence-corrected chi connectivity index (χ4v) is 3.64. The normalized spacial score (nSPS) is 15.2. The molecule has 0 unspecified atom stereocenters. The van der Waals surface area contributed by atoms with Crippen molar-refractivity contribution in [2.45, 2.75) is 26.5 Å². The Morgan fingerprint density at radius 1 is 1.19 bits per heavy atom. The number of aryl methyl sites for hydroxylation is 1. The summed E-state index contributed by atoms with van der Waals surface area (Å²) in [5, 5.41) is 10.3. The van der Waals surface area contributed by atoms with Crippen molar-refractivity contribution in [2.75, 3.05) is 17.7 Å². The highest BCUT2D eigenvalue weighted by atomic mass is 19.3. The van der Waals surface area contributed by atoms with E-state index in [0.29, 0.717) is 28.5 Å². The average molecular weight is 441 g/mol. The Bertz CT molecular complexity index is 1190. The van der Waals surface area contributed by atoms with Gasteiger partial charge in [-0.05, 0) is 43.2 Å². The highest BCUT2D eigenvalue weighted by Gasteiger charge is 2.34. The Balaban J connectivity index is 1.77. The molecule has 0 saturated heterocycles. The smallest absolute Gasteiger partial charge is 0.387 e. The molecule has 0 radical (unpaired) electrons. The molecule has 3 aromatic rings. The number of amides is 1. The number of carbonyl (C=O) groups excluding carboxylic acids is 1. The highest BCUT2D eigenvalue weighted by molar-refractivity contribution is 6.06. The van der Waals surface area contributed by atoms with Crippen LogP contribution in [0.5, 0.6) is 11.5 Å². The molecule has 1 amide bonds. The lowest BCUT2D eigenvalue weighted by Crippen LogP contribution is -2.31. The third kappa shape index (κ3) is 3.98. The predicted octanol–water partition coefficient (Wildman–Crippen LogP) is 4.12. The Hall–Kier alpha value is -3.95. The minimum Gasteiger partial charge on any atom is -0.493 e. The standard InChI is InChI=1S/C22H21F2N5O3/c1-12-6-4-5-7-15(12)28-20(30)18-13(2)27-22-25-11-26-29(22)19(18)14-8-9-16(32-21(23)24)17(10-14)31-3/h4-11,19,21H,1-3H3,(H,28,30)(H,25,26,27)/t19-/m1/s1. The van der Waals surface area contributed by atoms with Crippen molar-refractivity contribution in [3.8, 4) is 11.5 Å². The summed E-state index contributed by atoms with van der Waals surface area (Å²) in [6.07, 6.45) is 1.37. The number of alkyl halides is 2. The molecule has 1 aliphatic heterocycles. The first kappa shape index (κ1) is 21.3. The lowest BCUT2D eigenvalue weighted by molar-refractivity contribution is -0.113. The van der Waals surface area contributed by atoms with Crippen molar-refractivity contribution < 1.29 is 23.0 Å². The number of halogens is 2. The zero-order valence-electron chi connectivity index (χ0n) is 17.6. The van der Waals surface area contributed by atoms with Crippen LogP contribution in [0.3, 0.4) is 0 Å². The number of aromatic nitrogens is 3. The van der Waals surface area contributed by atoms with E-state index >= 15 is 0 Å². The molecule has 1 atom stereocenters. The third-order valence-corrected chi connectivity index (χ3v) is 5.15. The number of hydrogen-bond donors (Lipinski definition) is 2. The molecule has 0 spiro atoms. The Labute approximate surface area is 182 Å². The van der Waals surface area contributed by atoms with Crippen molar-refractivity contribution in [3.05, 3.63) is 71.2 Å². The molecule has 166 valence electrons. The number of anilines is 2. The molecule has 4 rings (SSSR count). The summed E-state index contributed by atoms with van der Waals surface area (Å²) in [7, 11) is 1.35. The number of fused-ring (bicyclic) bond motifs is 1. The van der Waals surface area contributed by atoms with E-state index in [4.69, 9.17) is 4.74 Å². The summed E-state index contributed by atoms with van der Waals surface area (Å²) in [6.45, 7) is 0.673. The second-order valence-corrected chi connectivity index (χ2v) is 7.15. The van der Waals surface area contributed by atoms with Crippen molar-refractivity contribution >= 4 is 17.5 Å². The number of para-hydroxylation sites is 1. The van der Waals surface area contributed by atoms with E-state index in [9.17, 15) is 13.6 Å². The Morgan fingerprint density at radius 3 is 2.69 bits per heavy atom. The lowest BCUT2D eigenvalue weighted by atomic mass is 9.94. The van der Waals surface area contributed by atoms with Gasteiger partial charge in [-0.15, -0.1) is 0 Å².